The minimum atomic E-state index is -3.68. The van der Waals surface area contributed by atoms with E-state index in [1.54, 1.807) is 12.1 Å². The van der Waals surface area contributed by atoms with E-state index in [9.17, 15) is 16.8 Å². The maximum absolute atomic E-state index is 12.1. The second kappa shape index (κ2) is 5.07. The summed E-state index contributed by atoms with van der Waals surface area (Å²) in [5.74, 6) is -0.223. The van der Waals surface area contributed by atoms with Crippen LogP contribution >= 0.6 is 0 Å². The van der Waals surface area contributed by atoms with Gasteiger partial charge in [-0.05, 0) is 24.1 Å². The molecular formula is C12H15NO4S2. The zero-order valence-corrected chi connectivity index (χ0v) is 12.0. The quantitative estimate of drug-likeness (QED) is 0.893. The average Bonchev–Trinajstić information content (AvgIpc) is 2.68. The first kappa shape index (κ1) is 14.2. The molecule has 0 aromatic heterocycles. The first-order valence-electron chi connectivity index (χ1n) is 5.84. The predicted octanol–water partition coefficient (Wildman–Crippen LogP) is 0.838. The summed E-state index contributed by atoms with van der Waals surface area (Å²) in [5, 5.41) is 1.04. The van der Waals surface area contributed by atoms with Crippen molar-refractivity contribution in [3.05, 3.63) is 41.3 Å². The summed E-state index contributed by atoms with van der Waals surface area (Å²) < 4.78 is 48.9. The normalized spacial score (nSPS) is 21.6. The summed E-state index contributed by atoms with van der Waals surface area (Å²) in [7, 11) is -6.95. The number of aryl methyl sites for hydroxylation is 1. The highest BCUT2D eigenvalue weighted by molar-refractivity contribution is 7.94. The van der Waals surface area contributed by atoms with E-state index < -0.39 is 25.9 Å². The molecule has 1 aliphatic rings. The predicted molar refractivity (Wildman–Crippen MR) is 72.9 cm³/mol. The Morgan fingerprint density at radius 2 is 1.89 bits per heavy atom. The van der Waals surface area contributed by atoms with Gasteiger partial charge in [0.2, 0.25) is 10.0 Å². The molecule has 0 saturated heterocycles. The van der Waals surface area contributed by atoms with Crippen LogP contribution in [0, 0.1) is 0 Å². The van der Waals surface area contributed by atoms with Crippen LogP contribution < -0.4 is 4.72 Å². The van der Waals surface area contributed by atoms with E-state index in [2.05, 4.69) is 4.72 Å². The average molecular weight is 301 g/mol. The van der Waals surface area contributed by atoms with Gasteiger partial charge in [0.05, 0.1) is 16.7 Å². The van der Waals surface area contributed by atoms with Gasteiger partial charge in [0.15, 0.2) is 9.84 Å². The van der Waals surface area contributed by atoms with Gasteiger partial charge in [0, 0.05) is 5.41 Å². The van der Waals surface area contributed by atoms with Gasteiger partial charge in [-0.15, -0.1) is 0 Å². The van der Waals surface area contributed by atoms with Crippen LogP contribution in [0.4, 0.5) is 0 Å². The van der Waals surface area contributed by atoms with E-state index >= 15 is 0 Å². The largest absolute Gasteiger partial charge is 0.241 e. The zero-order chi connectivity index (χ0) is 14.1. The van der Waals surface area contributed by atoms with E-state index in [0.29, 0.717) is 0 Å². The second-order valence-corrected chi connectivity index (χ2v) is 8.03. The molecule has 7 heteroatoms. The molecule has 1 N–H and O–H groups in total. The van der Waals surface area contributed by atoms with Crippen LogP contribution in [-0.2, 0) is 26.3 Å². The topological polar surface area (TPSA) is 80.3 Å². The molecule has 0 aliphatic carbocycles. The SMILES string of the molecule is CCc1ccc(S(=O)(=O)N[C@@H]2C=CS(=O)(=O)C2)cc1. The van der Waals surface area contributed by atoms with E-state index in [1.807, 2.05) is 6.92 Å². The molecule has 0 saturated carbocycles. The third-order valence-corrected chi connectivity index (χ3v) is 5.78. The third kappa shape index (κ3) is 3.43. The fourth-order valence-corrected chi connectivity index (χ4v) is 4.35. The molecule has 0 radical (unpaired) electrons. The summed E-state index contributed by atoms with van der Waals surface area (Å²) in [6.07, 6.45) is 2.19. The summed E-state index contributed by atoms with van der Waals surface area (Å²) in [6.45, 7) is 1.98. The Morgan fingerprint density at radius 3 is 2.37 bits per heavy atom. The standard InChI is InChI=1S/C12H15NO4S2/c1-2-10-3-5-12(6-4-10)19(16,17)13-11-7-8-18(14,15)9-11/h3-8,11,13H,2,9H2,1H3/t11-/m1/s1. The van der Waals surface area contributed by atoms with Crippen molar-refractivity contribution in [3.8, 4) is 0 Å². The number of hydrogen-bond acceptors (Lipinski definition) is 4. The minimum absolute atomic E-state index is 0.141. The van der Waals surface area contributed by atoms with Gasteiger partial charge in [-0.25, -0.2) is 21.6 Å². The van der Waals surface area contributed by atoms with Gasteiger partial charge < -0.3 is 0 Å². The van der Waals surface area contributed by atoms with Gasteiger partial charge >= 0.3 is 0 Å². The van der Waals surface area contributed by atoms with Crippen molar-refractivity contribution >= 4 is 19.9 Å². The van der Waals surface area contributed by atoms with E-state index in [0.717, 1.165) is 17.4 Å². The van der Waals surface area contributed by atoms with Crippen LogP contribution in [0.15, 0.2) is 40.6 Å². The molecule has 0 amide bonds. The van der Waals surface area contributed by atoms with Crippen LogP contribution in [-0.4, -0.2) is 28.6 Å². The Morgan fingerprint density at radius 1 is 1.26 bits per heavy atom. The van der Waals surface area contributed by atoms with E-state index in [1.165, 1.54) is 18.2 Å². The van der Waals surface area contributed by atoms with Gasteiger partial charge in [0.25, 0.3) is 0 Å². The number of nitrogens with one attached hydrogen (secondary N) is 1. The molecule has 19 heavy (non-hydrogen) atoms. The summed E-state index contributed by atoms with van der Waals surface area (Å²) in [6, 6.07) is 5.84. The molecule has 1 atom stereocenters. The summed E-state index contributed by atoms with van der Waals surface area (Å²) >= 11 is 0. The highest BCUT2D eigenvalue weighted by Gasteiger charge is 2.26. The molecule has 1 heterocycles. The lowest BCUT2D eigenvalue weighted by Crippen LogP contribution is -2.35. The Bertz CT molecular complexity index is 688. The maximum atomic E-state index is 12.1. The molecule has 1 aromatic rings. The van der Waals surface area contributed by atoms with Crippen LogP contribution in [0.25, 0.3) is 0 Å². The first-order valence-corrected chi connectivity index (χ1v) is 9.04. The van der Waals surface area contributed by atoms with Crippen LogP contribution in [0.1, 0.15) is 12.5 Å². The Labute approximate surface area is 113 Å². The lowest BCUT2D eigenvalue weighted by Gasteiger charge is -2.11. The van der Waals surface area contributed by atoms with Crippen molar-refractivity contribution in [1.29, 1.82) is 0 Å². The number of hydrogen-bond donors (Lipinski definition) is 1. The number of sulfonamides is 1. The Kier molecular flexibility index (Phi) is 3.80. The van der Waals surface area contributed by atoms with Gasteiger partial charge in [-0.2, -0.15) is 0 Å². The molecule has 1 aromatic carbocycles. The van der Waals surface area contributed by atoms with Crippen LogP contribution in [0.2, 0.25) is 0 Å². The second-order valence-electron chi connectivity index (χ2n) is 4.38. The minimum Gasteiger partial charge on any atom is -0.224 e. The summed E-state index contributed by atoms with van der Waals surface area (Å²) in [4.78, 5) is 0.141. The molecule has 0 spiro atoms. The van der Waals surface area contributed by atoms with Crippen LogP contribution in [0.5, 0.6) is 0 Å². The molecule has 1 aliphatic heterocycles. The number of benzene rings is 1. The van der Waals surface area contributed by atoms with Gasteiger partial charge in [-0.1, -0.05) is 25.1 Å². The van der Waals surface area contributed by atoms with Gasteiger partial charge in [0.1, 0.15) is 0 Å². The lowest BCUT2D eigenvalue weighted by atomic mass is 10.2. The molecule has 104 valence electrons. The molecule has 5 nitrogen and oxygen atoms in total. The van der Waals surface area contributed by atoms with Crippen molar-refractivity contribution in [2.45, 2.75) is 24.3 Å². The number of sulfone groups is 1. The van der Waals surface area contributed by atoms with Crippen molar-refractivity contribution in [1.82, 2.24) is 4.72 Å². The highest BCUT2D eigenvalue weighted by atomic mass is 32.2. The van der Waals surface area contributed by atoms with Crippen molar-refractivity contribution in [3.63, 3.8) is 0 Å². The Balaban J connectivity index is 2.17. The van der Waals surface area contributed by atoms with E-state index in [4.69, 9.17) is 0 Å². The van der Waals surface area contributed by atoms with Crippen molar-refractivity contribution < 1.29 is 16.8 Å². The molecule has 0 bridgehead atoms. The number of rotatable bonds is 4. The zero-order valence-electron chi connectivity index (χ0n) is 10.4. The van der Waals surface area contributed by atoms with Gasteiger partial charge in [-0.3, -0.25) is 0 Å². The molecule has 0 unspecified atom stereocenters. The maximum Gasteiger partial charge on any atom is 0.241 e. The lowest BCUT2D eigenvalue weighted by molar-refractivity contribution is 0.575. The smallest absolute Gasteiger partial charge is 0.224 e. The summed E-state index contributed by atoms with van der Waals surface area (Å²) in [5.41, 5.74) is 1.04. The third-order valence-electron chi connectivity index (χ3n) is 2.88. The fourth-order valence-electron chi connectivity index (χ4n) is 1.82. The molecular weight excluding hydrogens is 286 g/mol. The molecule has 0 fully saturated rings. The van der Waals surface area contributed by atoms with Crippen molar-refractivity contribution in [2.24, 2.45) is 0 Å². The molecule has 2 rings (SSSR count). The monoisotopic (exact) mass is 301 g/mol. The van der Waals surface area contributed by atoms with Crippen LogP contribution in [0.3, 0.4) is 0 Å². The van der Waals surface area contributed by atoms with Crippen molar-refractivity contribution in [2.75, 3.05) is 5.75 Å². The van der Waals surface area contributed by atoms with E-state index in [-0.39, 0.29) is 10.6 Å². The fraction of sp³-hybridized carbons (Fsp3) is 0.333. The first-order chi connectivity index (χ1) is 8.82. The Hall–Kier alpha value is -1.18. The highest BCUT2D eigenvalue weighted by Crippen LogP contribution is 2.14.